The van der Waals surface area contributed by atoms with Gasteiger partial charge in [0.05, 0.1) is 11.1 Å². The number of aromatic nitrogens is 1. The second-order valence-electron chi connectivity index (χ2n) is 8.96. The number of fused-ring (bicyclic) bond motifs is 1. The van der Waals surface area contributed by atoms with E-state index in [1.807, 2.05) is 81.4 Å². The Labute approximate surface area is 207 Å². The van der Waals surface area contributed by atoms with E-state index in [4.69, 9.17) is 9.72 Å². The standard InChI is InChI=1S/C31H31NO3/c1-5-9-26-24(6-2)28(25-10-7-8-11-27(25)32-26)31(34)35-30(23-18-14-21(4)15-19-23)29(33)22-16-12-20(3)13-17-22/h7-8,10-19,30H,5-6,9H2,1-4H3/t30-/m0/s1. The molecule has 4 heteroatoms. The number of benzene rings is 3. The number of ether oxygens (including phenoxy) is 1. The van der Waals surface area contributed by atoms with Gasteiger partial charge in [0.25, 0.3) is 0 Å². The monoisotopic (exact) mass is 465 g/mol. The van der Waals surface area contributed by atoms with Crippen molar-refractivity contribution in [3.63, 3.8) is 0 Å². The zero-order valence-corrected chi connectivity index (χ0v) is 20.8. The quantitative estimate of drug-likeness (QED) is 0.205. The van der Waals surface area contributed by atoms with Crippen LogP contribution in [0, 0.1) is 13.8 Å². The van der Waals surface area contributed by atoms with E-state index in [-0.39, 0.29) is 5.78 Å². The molecule has 4 aromatic rings. The molecule has 1 aromatic heterocycles. The van der Waals surface area contributed by atoms with Crippen molar-refractivity contribution in [1.29, 1.82) is 0 Å². The number of ketones is 1. The molecular formula is C31H31NO3. The number of para-hydroxylation sites is 1. The minimum Gasteiger partial charge on any atom is -0.445 e. The maximum Gasteiger partial charge on any atom is 0.340 e. The molecule has 0 unspecified atom stereocenters. The maximum atomic E-state index is 13.8. The third-order valence-electron chi connectivity index (χ3n) is 6.30. The second kappa shape index (κ2) is 10.6. The number of esters is 1. The summed E-state index contributed by atoms with van der Waals surface area (Å²) in [5.41, 5.74) is 6.37. The molecule has 0 aliphatic carbocycles. The average Bonchev–Trinajstić information content (AvgIpc) is 2.87. The fourth-order valence-corrected chi connectivity index (χ4v) is 4.41. The van der Waals surface area contributed by atoms with Crippen LogP contribution in [0.15, 0.2) is 72.8 Å². The molecule has 4 rings (SSSR count). The van der Waals surface area contributed by atoms with E-state index in [2.05, 4.69) is 6.92 Å². The van der Waals surface area contributed by atoms with Crippen molar-refractivity contribution in [2.75, 3.05) is 0 Å². The molecule has 0 N–H and O–H groups in total. The summed E-state index contributed by atoms with van der Waals surface area (Å²) in [5, 5.41) is 0.750. The number of pyridine rings is 1. The Morgan fingerprint density at radius 3 is 2.11 bits per heavy atom. The lowest BCUT2D eigenvalue weighted by Crippen LogP contribution is -2.22. The number of carbonyl (C=O) groups is 2. The van der Waals surface area contributed by atoms with Gasteiger partial charge >= 0.3 is 5.97 Å². The summed E-state index contributed by atoms with van der Waals surface area (Å²) in [6.07, 6.45) is 1.30. The lowest BCUT2D eigenvalue weighted by molar-refractivity contribution is 0.0280. The first-order valence-electron chi connectivity index (χ1n) is 12.2. The van der Waals surface area contributed by atoms with Crippen molar-refractivity contribution < 1.29 is 14.3 Å². The van der Waals surface area contributed by atoms with Crippen LogP contribution in [0.1, 0.15) is 75.0 Å². The highest BCUT2D eigenvalue weighted by atomic mass is 16.5. The van der Waals surface area contributed by atoms with Gasteiger partial charge in [-0.15, -0.1) is 0 Å². The largest absolute Gasteiger partial charge is 0.445 e. The van der Waals surface area contributed by atoms with Gasteiger partial charge < -0.3 is 4.74 Å². The molecule has 178 valence electrons. The van der Waals surface area contributed by atoms with Crippen LogP contribution in [0.4, 0.5) is 0 Å². The van der Waals surface area contributed by atoms with E-state index >= 15 is 0 Å². The Kier molecular flexibility index (Phi) is 7.40. The van der Waals surface area contributed by atoms with E-state index < -0.39 is 12.1 Å². The predicted octanol–water partition coefficient (Wildman–Crippen LogP) is 7.15. The van der Waals surface area contributed by atoms with Gasteiger partial charge in [-0.1, -0.05) is 98.1 Å². The lowest BCUT2D eigenvalue weighted by atomic mass is 9.95. The zero-order chi connectivity index (χ0) is 24.9. The van der Waals surface area contributed by atoms with Gasteiger partial charge in [-0.25, -0.2) is 4.79 Å². The average molecular weight is 466 g/mol. The maximum absolute atomic E-state index is 13.8. The topological polar surface area (TPSA) is 56.3 Å². The second-order valence-corrected chi connectivity index (χ2v) is 8.96. The molecule has 0 spiro atoms. The molecule has 0 radical (unpaired) electrons. The van der Waals surface area contributed by atoms with Crippen LogP contribution in [-0.4, -0.2) is 16.7 Å². The van der Waals surface area contributed by atoms with Crippen LogP contribution in [0.2, 0.25) is 0 Å². The van der Waals surface area contributed by atoms with Gasteiger partial charge in [0.2, 0.25) is 5.78 Å². The molecule has 0 aliphatic heterocycles. The summed E-state index contributed by atoms with van der Waals surface area (Å²) in [7, 11) is 0. The highest BCUT2D eigenvalue weighted by molar-refractivity contribution is 6.07. The minimum absolute atomic E-state index is 0.243. The van der Waals surface area contributed by atoms with E-state index in [1.165, 1.54) is 0 Å². The first-order chi connectivity index (χ1) is 16.9. The molecular weight excluding hydrogens is 434 g/mol. The molecule has 0 amide bonds. The van der Waals surface area contributed by atoms with Crippen LogP contribution in [0.3, 0.4) is 0 Å². The lowest BCUT2D eigenvalue weighted by Gasteiger charge is -2.20. The molecule has 35 heavy (non-hydrogen) atoms. The van der Waals surface area contributed by atoms with Gasteiger partial charge in [-0.3, -0.25) is 9.78 Å². The number of Topliss-reactive ketones (excluding diaryl/α,β-unsaturated/α-hetero) is 1. The van der Waals surface area contributed by atoms with Crippen LogP contribution in [0.25, 0.3) is 10.9 Å². The number of hydrogen-bond donors (Lipinski definition) is 0. The Morgan fingerprint density at radius 2 is 1.49 bits per heavy atom. The number of rotatable bonds is 8. The third-order valence-corrected chi connectivity index (χ3v) is 6.30. The Bertz CT molecular complexity index is 1350. The smallest absolute Gasteiger partial charge is 0.340 e. The summed E-state index contributed by atoms with van der Waals surface area (Å²) in [5.74, 6) is -0.740. The number of nitrogens with zero attached hydrogens (tertiary/aromatic N) is 1. The third kappa shape index (κ3) is 5.17. The molecule has 1 atom stereocenters. The van der Waals surface area contributed by atoms with Crippen LogP contribution < -0.4 is 0 Å². The normalized spacial score (nSPS) is 11.9. The summed E-state index contributed by atoms with van der Waals surface area (Å²) in [6.45, 7) is 8.08. The summed E-state index contributed by atoms with van der Waals surface area (Å²) in [4.78, 5) is 32.3. The van der Waals surface area contributed by atoms with Crippen molar-refractivity contribution in [3.05, 3.63) is 112 Å². The summed E-state index contributed by atoms with van der Waals surface area (Å²) >= 11 is 0. The molecule has 1 heterocycles. The molecule has 0 aliphatic rings. The summed E-state index contributed by atoms with van der Waals surface area (Å²) < 4.78 is 6.08. The molecule has 3 aromatic carbocycles. The highest BCUT2D eigenvalue weighted by Crippen LogP contribution is 2.30. The first-order valence-corrected chi connectivity index (χ1v) is 12.2. The number of aryl methyl sites for hydroxylation is 3. The fraction of sp³-hybridized carbons (Fsp3) is 0.258. The van der Waals surface area contributed by atoms with Gasteiger partial charge in [0, 0.05) is 22.2 Å². The molecule has 0 bridgehead atoms. The van der Waals surface area contributed by atoms with Crippen molar-refractivity contribution in [2.45, 2.75) is 53.1 Å². The molecule has 0 saturated carbocycles. The van der Waals surface area contributed by atoms with Crippen LogP contribution >= 0.6 is 0 Å². The SMILES string of the molecule is CCCc1nc2ccccc2c(C(=O)O[C@H](C(=O)c2ccc(C)cc2)c2ccc(C)cc2)c1CC. The van der Waals surface area contributed by atoms with Crippen LogP contribution in [0.5, 0.6) is 0 Å². The van der Waals surface area contributed by atoms with Gasteiger partial charge in [0.15, 0.2) is 6.10 Å². The Morgan fingerprint density at radius 1 is 0.857 bits per heavy atom. The van der Waals surface area contributed by atoms with Gasteiger partial charge in [-0.05, 0) is 38.3 Å². The van der Waals surface area contributed by atoms with Crippen molar-refractivity contribution in [2.24, 2.45) is 0 Å². The fourth-order valence-electron chi connectivity index (χ4n) is 4.41. The van der Waals surface area contributed by atoms with Crippen molar-refractivity contribution in [3.8, 4) is 0 Å². The summed E-state index contributed by atoms with van der Waals surface area (Å²) in [6, 6.07) is 22.5. The molecule has 0 saturated heterocycles. The highest BCUT2D eigenvalue weighted by Gasteiger charge is 2.29. The zero-order valence-electron chi connectivity index (χ0n) is 20.8. The van der Waals surface area contributed by atoms with E-state index in [0.717, 1.165) is 46.1 Å². The van der Waals surface area contributed by atoms with E-state index in [0.29, 0.717) is 23.1 Å². The number of hydrogen-bond acceptors (Lipinski definition) is 4. The van der Waals surface area contributed by atoms with Gasteiger partial charge in [0.1, 0.15) is 0 Å². The van der Waals surface area contributed by atoms with Crippen molar-refractivity contribution >= 4 is 22.7 Å². The van der Waals surface area contributed by atoms with Crippen molar-refractivity contribution in [1.82, 2.24) is 4.98 Å². The predicted molar refractivity (Wildman–Crippen MR) is 140 cm³/mol. The Balaban J connectivity index is 1.81. The number of carbonyl (C=O) groups excluding carboxylic acids is 2. The van der Waals surface area contributed by atoms with E-state index in [1.54, 1.807) is 12.1 Å². The van der Waals surface area contributed by atoms with E-state index in [9.17, 15) is 9.59 Å². The molecule has 4 nitrogen and oxygen atoms in total. The first kappa shape index (κ1) is 24.3. The molecule has 0 fully saturated rings. The van der Waals surface area contributed by atoms with Gasteiger partial charge in [-0.2, -0.15) is 0 Å². The Hall–Kier alpha value is -3.79. The minimum atomic E-state index is -1.04. The van der Waals surface area contributed by atoms with Crippen LogP contribution in [-0.2, 0) is 17.6 Å².